The second-order valence-corrected chi connectivity index (χ2v) is 5.59. The van der Waals surface area contributed by atoms with Gasteiger partial charge in [-0.25, -0.2) is 9.97 Å². The highest BCUT2D eigenvalue weighted by atomic mass is 16.6. The molecule has 0 unspecified atom stereocenters. The summed E-state index contributed by atoms with van der Waals surface area (Å²) in [6.07, 6.45) is 3.37. The summed E-state index contributed by atoms with van der Waals surface area (Å²) in [4.78, 5) is 35.3. The predicted octanol–water partition coefficient (Wildman–Crippen LogP) is 1.66. The van der Waals surface area contributed by atoms with E-state index in [1.807, 2.05) is 4.90 Å². The Morgan fingerprint density at radius 2 is 1.83 bits per heavy atom. The molecule has 0 aliphatic carbocycles. The fourth-order valence-corrected chi connectivity index (χ4v) is 2.69. The first-order chi connectivity index (χ1) is 11.6. The Bertz CT molecular complexity index is 758. The van der Waals surface area contributed by atoms with Gasteiger partial charge in [-0.2, -0.15) is 0 Å². The van der Waals surface area contributed by atoms with Crippen LogP contribution in [-0.2, 0) is 0 Å². The lowest BCUT2D eigenvalue weighted by Crippen LogP contribution is -2.49. The molecular weight excluding hydrogens is 310 g/mol. The molecule has 0 N–H and O–H groups in total. The van der Waals surface area contributed by atoms with E-state index < -0.39 is 4.92 Å². The summed E-state index contributed by atoms with van der Waals surface area (Å²) in [5.41, 5.74) is 0.858. The number of aromatic nitrogens is 2. The average molecular weight is 327 g/mol. The Morgan fingerprint density at radius 1 is 1.17 bits per heavy atom. The van der Waals surface area contributed by atoms with E-state index in [4.69, 9.17) is 0 Å². The predicted molar refractivity (Wildman–Crippen MR) is 88.0 cm³/mol. The monoisotopic (exact) mass is 327 g/mol. The van der Waals surface area contributed by atoms with Crippen molar-refractivity contribution in [1.82, 2.24) is 14.9 Å². The highest BCUT2D eigenvalue weighted by molar-refractivity contribution is 5.95. The van der Waals surface area contributed by atoms with Crippen molar-refractivity contribution in [3.05, 3.63) is 57.9 Å². The van der Waals surface area contributed by atoms with E-state index in [1.165, 1.54) is 6.07 Å². The van der Waals surface area contributed by atoms with Crippen LogP contribution >= 0.6 is 0 Å². The van der Waals surface area contributed by atoms with E-state index >= 15 is 0 Å². The number of carbonyl (C=O) groups is 1. The first kappa shape index (κ1) is 15.9. The number of carbonyl (C=O) groups excluding carboxylic acids is 1. The molecule has 0 bridgehead atoms. The maximum Gasteiger partial charge on any atom is 0.273 e. The van der Waals surface area contributed by atoms with Crippen LogP contribution in [0, 0.1) is 17.0 Å². The van der Waals surface area contributed by atoms with Gasteiger partial charge in [0.15, 0.2) is 0 Å². The van der Waals surface area contributed by atoms with Crippen LogP contribution < -0.4 is 4.90 Å². The van der Waals surface area contributed by atoms with E-state index in [-0.39, 0.29) is 11.6 Å². The zero-order valence-corrected chi connectivity index (χ0v) is 13.3. The molecular formula is C16H17N5O3. The summed E-state index contributed by atoms with van der Waals surface area (Å²) < 4.78 is 0. The van der Waals surface area contributed by atoms with E-state index in [0.717, 1.165) is 0 Å². The molecule has 1 aliphatic rings. The number of anilines is 1. The van der Waals surface area contributed by atoms with Gasteiger partial charge in [0.05, 0.1) is 4.92 Å². The molecule has 2 heterocycles. The Labute approximate surface area is 138 Å². The maximum atomic E-state index is 12.6. The number of hydrogen-bond donors (Lipinski definition) is 0. The standard InChI is InChI=1S/C16H17N5O3/c1-12-3-4-13(11-14(12)21(23)24)15(22)19-7-9-20(10-8-19)16-17-5-2-6-18-16/h2-6,11H,7-10H2,1H3. The molecule has 0 atom stereocenters. The minimum absolute atomic E-state index is 0.0304. The van der Waals surface area contributed by atoms with Crippen LogP contribution in [0.3, 0.4) is 0 Å². The molecule has 0 saturated carbocycles. The molecule has 1 saturated heterocycles. The van der Waals surface area contributed by atoms with Gasteiger partial charge in [-0.1, -0.05) is 6.07 Å². The van der Waals surface area contributed by atoms with Crippen LogP contribution in [0.15, 0.2) is 36.7 Å². The fraction of sp³-hybridized carbons (Fsp3) is 0.312. The lowest BCUT2D eigenvalue weighted by molar-refractivity contribution is -0.385. The second-order valence-electron chi connectivity index (χ2n) is 5.59. The topological polar surface area (TPSA) is 92.5 Å². The maximum absolute atomic E-state index is 12.6. The van der Waals surface area contributed by atoms with Crippen molar-refractivity contribution in [1.29, 1.82) is 0 Å². The van der Waals surface area contributed by atoms with Crippen LogP contribution in [0.1, 0.15) is 15.9 Å². The number of benzene rings is 1. The van der Waals surface area contributed by atoms with E-state index in [0.29, 0.717) is 43.3 Å². The summed E-state index contributed by atoms with van der Waals surface area (Å²) in [6.45, 7) is 3.97. The van der Waals surface area contributed by atoms with Gasteiger partial charge in [0.1, 0.15) is 0 Å². The normalized spacial score (nSPS) is 14.5. The largest absolute Gasteiger partial charge is 0.337 e. The Hall–Kier alpha value is -3.03. The zero-order chi connectivity index (χ0) is 17.1. The molecule has 0 radical (unpaired) electrons. The number of aryl methyl sites for hydroxylation is 1. The van der Waals surface area contributed by atoms with Crippen molar-refractivity contribution >= 4 is 17.5 Å². The molecule has 3 rings (SSSR count). The number of hydrogen-bond acceptors (Lipinski definition) is 6. The third kappa shape index (κ3) is 3.17. The molecule has 8 nitrogen and oxygen atoms in total. The quantitative estimate of drug-likeness (QED) is 0.629. The number of rotatable bonds is 3. The van der Waals surface area contributed by atoms with Crippen LogP contribution in [-0.4, -0.2) is 51.9 Å². The molecule has 24 heavy (non-hydrogen) atoms. The van der Waals surface area contributed by atoms with E-state index in [1.54, 1.807) is 42.4 Å². The van der Waals surface area contributed by atoms with Crippen molar-refractivity contribution in [2.45, 2.75) is 6.92 Å². The third-order valence-electron chi connectivity index (χ3n) is 4.05. The molecule has 1 aromatic carbocycles. The molecule has 8 heteroatoms. The molecule has 1 amide bonds. The van der Waals surface area contributed by atoms with Gasteiger partial charge < -0.3 is 9.80 Å². The number of amides is 1. The van der Waals surface area contributed by atoms with Gasteiger partial charge in [0.25, 0.3) is 11.6 Å². The summed E-state index contributed by atoms with van der Waals surface area (Å²) in [5, 5.41) is 11.0. The summed E-state index contributed by atoms with van der Waals surface area (Å²) >= 11 is 0. The van der Waals surface area contributed by atoms with Gasteiger partial charge in [-0.3, -0.25) is 14.9 Å². The van der Waals surface area contributed by atoms with Crippen LogP contribution in [0.5, 0.6) is 0 Å². The van der Waals surface area contributed by atoms with Gasteiger partial charge in [0, 0.05) is 55.8 Å². The Morgan fingerprint density at radius 3 is 2.46 bits per heavy atom. The minimum atomic E-state index is -0.462. The minimum Gasteiger partial charge on any atom is -0.337 e. The van der Waals surface area contributed by atoms with Crippen molar-refractivity contribution in [2.75, 3.05) is 31.1 Å². The average Bonchev–Trinajstić information content (AvgIpc) is 2.62. The highest BCUT2D eigenvalue weighted by Crippen LogP contribution is 2.21. The van der Waals surface area contributed by atoms with Crippen molar-refractivity contribution in [2.24, 2.45) is 0 Å². The first-order valence-electron chi connectivity index (χ1n) is 7.62. The molecule has 1 aromatic heterocycles. The third-order valence-corrected chi connectivity index (χ3v) is 4.05. The Balaban J connectivity index is 1.69. The molecule has 1 aliphatic heterocycles. The van der Waals surface area contributed by atoms with Crippen molar-refractivity contribution in [3.8, 4) is 0 Å². The summed E-state index contributed by atoms with van der Waals surface area (Å²) in [5.74, 6) is 0.460. The lowest BCUT2D eigenvalue weighted by Gasteiger charge is -2.34. The van der Waals surface area contributed by atoms with E-state index in [2.05, 4.69) is 9.97 Å². The van der Waals surface area contributed by atoms with Crippen LogP contribution in [0.25, 0.3) is 0 Å². The molecule has 124 valence electrons. The van der Waals surface area contributed by atoms with Gasteiger partial charge in [-0.05, 0) is 19.1 Å². The lowest BCUT2D eigenvalue weighted by atomic mass is 10.1. The Kier molecular flexibility index (Phi) is 4.37. The van der Waals surface area contributed by atoms with Crippen LogP contribution in [0.4, 0.5) is 11.6 Å². The van der Waals surface area contributed by atoms with Crippen molar-refractivity contribution in [3.63, 3.8) is 0 Å². The molecule has 2 aromatic rings. The zero-order valence-electron chi connectivity index (χ0n) is 13.3. The van der Waals surface area contributed by atoms with Crippen molar-refractivity contribution < 1.29 is 9.72 Å². The number of nitro benzene ring substituents is 1. The highest BCUT2D eigenvalue weighted by Gasteiger charge is 2.24. The number of nitro groups is 1. The number of nitrogens with zero attached hydrogens (tertiary/aromatic N) is 5. The molecule has 0 spiro atoms. The van der Waals surface area contributed by atoms with Gasteiger partial charge in [0.2, 0.25) is 5.95 Å². The van der Waals surface area contributed by atoms with Gasteiger partial charge >= 0.3 is 0 Å². The van der Waals surface area contributed by atoms with Crippen LogP contribution in [0.2, 0.25) is 0 Å². The summed E-state index contributed by atoms with van der Waals surface area (Å²) in [6, 6.07) is 6.36. The smallest absolute Gasteiger partial charge is 0.273 e. The van der Waals surface area contributed by atoms with Gasteiger partial charge in [-0.15, -0.1) is 0 Å². The number of piperazine rings is 1. The fourth-order valence-electron chi connectivity index (χ4n) is 2.69. The first-order valence-corrected chi connectivity index (χ1v) is 7.62. The second kappa shape index (κ2) is 6.61. The SMILES string of the molecule is Cc1ccc(C(=O)N2CCN(c3ncccn3)CC2)cc1[N+](=O)[O-]. The molecule has 1 fully saturated rings. The van der Waals surface area contributed by atoms with E-state index in [9.17, 15) is 14.9 Å². The summed E-state index contributed by atoms with van der Waals surface area (Å²) in [7, 11) is 0.